The van der Waals surface area contributed by atoms with Crippen LogP contribution in [0.4, 0.5) is 0 Å². The van der Waals surface area contributed by atoms with Crippen molar-refractivity contribution in [1.82, 2.24) is 0 Å². The van der Waals surface area contributed by atoms with Gasteiger partial charge in [-0.15, -0.1) is 0 Å². The summed E-state index contributed by atoms with van der Waals surface area (Å²) < 4.78 is 0. The molecule has 1 aromatic carbocycles. The third kappa shape index (κ3) is 2.23. The van der Waals surface area contributed by atoms with Gasteiger partial charge in [0.05, 0.1) is 6.04 Å². The Balaban J connectivity index is 2.27. The molecule has 2 rings (SSSR count). The van der Waals surface area contributed by atoms with Crippen LogP contribution in [0.5, 0.6) is 0 Å². The van der Waals surface area contributed by atoms with Gasteiger partial charge in [-0.3, -0.25) is 4.79 Å². The summed E-state index contributed by atoms with van der Waals surface area (Å²) in [5.41, 5.74) is 10.7. The second kappa shape index (κ2) is 4.81. The molecule has 4 nitrogen and oxygen atoms in total. The van der Waals surface area contributed by atoms with Crippen LogP contribution in [0.2, 0.25) is 0 Å². The van der Waals surface area contributed by atoms with Crippen molar-refractivity contribution in [3.63, 3.8) is 0 Å². The summed E-state index contributed by atoms with van der Waals surface area (Å²) in [6.45, 7) is 0. The first kappa shape index (κ1) is 10.7. The van der Waals surface area contributed by atoms with Gasteiger partial charge in [-0.05, 0) is 35.9 Å². The summed E-state index contributed by atoms with van der Waals surface area (Å²) in [7, 11) is 0. The second-order valence-electron chi connectivity index (χ2n) is 4.02. The molecule has 0 N–H and O–H groups in total. The zero-order chi connectivity index (χ0) is 11.4. The molecule has 0 amide bonds. The lowest BCUT2D eigenvalue weighted by Crippen LogP contribution is -2.23. The van der Waals surface area contributed by atoms with Crippen LogP contribution < -0.4 is 0 Å². The van der Waals surface area contributed by atoms with E-state index in [0.29, 0.717) is 12.8 Å². The number of Topliss-reactive ketones (excluding diaryl/α,β-unsaturated/α-hetero) is 1. The quantitative estimate of drug-likeness (QED) is 0.403. The highest BCUT2D eigenvalue weighted by atomic mass is 16.1. The monoisotopic (exact) mass is 215 g/mol. The van der Waals surface area contributed by atoms with E-state index in [2.05, 4.69) is 16.1 Å². The predicted octanol–water partition coefficient (Wildman–Crippen LogP) is 2.81. The predicted molar refractivity (Wildman–Crippen MR) is 61.0 cm³/mol. The molecule has 0 bridgehead atoms. The van der Waals surface area contributed by atoms with E-state index < -0.39 is 6.04 Å². The van der Waals surface area contributed by atoms with E-state index in [1.54, 1.807) is 0 Å². The number of hydrogen-bond donors (Lipinski definition) is 0. The summed E-state index contributed by atoms with van der Waals surface area (Å²) in [5.74, 6) is 0.0324. The van der Waals surface area contributed by atoms with Gasteiger partial charge in [0.2, 0.25) is 0 Å². The Morgan fingerprint density at radius 2 is 2.06 bits per heavy atom. The number of nitrogens with zero attached hydrogens (tertiary/aromatic N) is 3. The molecule has 4 heteroatoms. The van der Waals surface area contributed by atoms with Crippen LogP contribution >= 0.6 is 0 Å². The van der Waals surface area contributed by atoms with Crippen molar-refractivity contribution < 1.29 is 4.79 Å². The summed E-state index contributed by atoms with van der Waals surface area (Å²) in [4.78, 5) is 14.6. The highest BCUT2D eigenvalue weighted by molar-refractivity contribution is 5.86. The van der Waals surface area contributed by atoms with Crippen LogP contribution in [0.25, 0.3) is 10.4 Å². The second-order valence-corrected chi connectivity index (χ2v) is 4.02. The van der Waals surface area contributed by atoms with E-state index in [9.17, 15) is 4.79 Å². The number of rotatable bonds is 1. The van der Waals surface area contributed by atoms with Crippen LogP contribution in [0, 0.1) is 0 Å². The molecule has 0 saturated heterocycles. The fourth-order valence-electron chi connectivity index (χ4n) is 2.11. The van der Waals surface area contributed by atoms with Gasteiger partial charge in [0, 0.05) is 11.3 Å². The van der Waals surface area contributed by atoms with E-state index in [4.69, 9.17) is 5.53 Å². The lowest BCUT2D eigenvalue weighted by atomic mass is 9.90. The maximum absolute atomic E-state index is 11.9. The van der Waals surface area contributed by atoms with Crippen molar-refractivity contribution in [2.45, 2.75) is 31.7 Å². The van der Waals surface area contributed by atoms with Gasteiger partial charge in [-0.2, -0.15) is 0 Å². The van der Waals surface area contributed by atoms with E-state index in [-0.39, 0.29) is 5.78 Å². The summed E-state index contributed by atoms with van der Waals surface area (Å²) in [6, 6.07) is 7.51. The molecule has 0 spiro atoms. The fraction of sp³-hybridized carbons (Fsp3) is 0.417. The molecule has 1 unspecified atom stereocenters. The van der Waals surface area contributed by atoms with Gasteiger partial charge in [-0.1, -0.05) is 29.4 Å². The molecular formula is C12H13N3O. The molecular weight excluding hydrogens is 202 g/mol. The van der Waals surface area contributed by atoms with E-state index in [0.717, 1.165) is 18.4 Å². The number of benzene rings is 1. The van der Waals surface area contributed by atoms with Gasteiger partial charge in [-0.25, -0.2) is 0 Å². The van der Waals surface area contributed by atoms with Crippen LogP contribution in [0.1, 0.15) is 24.0 Å². The van der Waals surface area contributed by atoms with Crippen molar-refractivity contribution >= 4 is 5.78 Å². The lowest BCUT2D eigenvalue weighted by molar-refractivity contribution is -0.119. The average Bonchev–Trinajstić information content (AvgIpc) is 2.28. The molecule has 16 heavy (non-hydrogen) atoms. The van der Waals surface area contributed by atoms with Crippen LogP contribution in [-0.2, 0) is 17.6 Å². The van der Waals surface area contributed by atoms with Crippen LogP contribution in [0.3, 0.4) is 0 Å². The standard InChI is InChI=1S/C12H13N3O/c13-15-14-11-7-3-6-9-4-1-2-5-10(9)8-12(11)16/h1-2,4-5,11H,3,6-8H2. The average molecular weight is 215 g/mol. The van der Waals surface area contributed by atoms with Crippen molar-refractivity contribution in [3.8, 4) is 0 Å². The van der Waals surface area contributed by atoms with Crippen LogP contribution in [0.15, 0.2) is 29.4 Å². The maximum atomic E-state index is 11.9. The molecule has 0 saturated carbocycles. The number of fused-ring (bicyclic) bond motifs is 1. The highest BCUT2D eigenvalue weighted by Crippen LogP contribution is 2.19. The number of ketones is 1. The smallest absolute Gasteiger partial charge is 0.146 e. The van der Waals surface area contributed by atoms with Gasteiger partial charge in [0.1, 0.15) is 5.78 Å². The third-order valence-electron chi connectivity index (χ3n) is 2.97. The zero-order valence-electron chi connectivity index (χ0n) is 8.97. The van der Waals surface area contributed by atoms with Gasteiger partial charge in [0.15, 0.2) is 0 Å². The lowest BCUT2D eigenvalue weighted by Gasteiger charge is -2.16. The number of carbonyl (C=O) groups excluding carboxylic acids is 1. The Hall–Kier alpha value is -1.80. The van der Waals surface area contributed by atoms with Gasteiger partial charge >= 0.3 is 0 Å². The molecule has 1 aromatic rings. The Kier molecular flexibility index (Phi) is 3.22. The zero-order valence-corrected chi connectivity index (χ0v) is 8.97. The first-order chi connectivity index (χ1) is 7.81. The highest BCUT2D eigenvalue weighted by Gasteiger charge is 2.20. The molecule has 1 atom stereocenters. The SMILES string of the molecule is [N-]=[N+]=NC1CCCc2ccccc2CC1=O. The topological polar surface area (TPSA) is 65.8 Å². The normalized spacial score (nSPS) is 20.2. The fourth-order valence-corrected chi connectivity index (χ4v) is 2.11. The van der Waals surface area contributed by atoms with E-state index in [1.807, 2.05) is 18.2 Å². The molecule has 0 aromatic heterocycles. The number of hydrogen-bond acceptors (Lipinski definition) is 2. The van der Waals surface area contributed by atoms with Crippen molar-refractivity contribution in [2.24, 2.45) is 5.11 Å². The summed E-state index contributed by atoms with van der Waals surface area (Å²) in [5, 5.41) is 3.57. The first-order valence-electron chi connectivity index (χ1n) is 5.45. The Morgan fingerprint density at radius 3 is 2.81 bits per heavy atom. The first-order valence-corrected chi connectivity index (χ1v) is 5.45. The van der Waals surface area contributed by atoms with Crippen molar-refractivity contribution in [3.05, 3.63) is 45.8 Å². The molecule has 0 fully saturated rings. The number of carbonyl (C=O) groups is 1. The molecule has 0 aliphatic heterocycles. The van der Waals surface area contributed by atoms with Gasteiger partial charge in [0.25, 0.3) is 0 Å². The largest absolute Gasteiger partial charge is 0.299 e. The Morgan fingerprint density at radius 1 is 1.31 bits per heavy atom. The summed E-state index contributed by atoms with van der Waals surface area (Å²) >= 11 is 0. The van der Waals surface area contributed by atoms with E-state index in [1.165, 1.54) is 5.56 Å². The maximum Gasteiger partial charge on any atom is 0.146 e. The third-order valence-corrected chi connectivity index (χ3v) is 2.97. The Labute approximate surface area is 93.9 Å². The van der Waals surface area contributed by atoms with Crippen molar-refractivity contribution in [2.75, 3.05) is 0 Å². The Bertz CT molecular complexity index is 449. The minimum Gasteiger partial charge on any atom is -0.299 e. The molecule has 0 heterocycles. The molecule has 1 aliphatic carbocycles. The number of aryl methyl sites for hydroxylation is 1. The number of azide groups is 1. The molecule has 82 valence electrons. The van der Waals surface area contributed by atoms with Crippen LogP contribution in [-0.4, -0.2) is 11.8 Å². The van der Waals surface area contributed by atoms with Crippen molar-refractivity contribution in [1.29, 1.82) is 0 Å². The van der Waals surface area contributed by atoms with E-state index >= 15 is 0 Å². The molecule has 1 aliphatic rings. The molecule has 0 radical (unpaired) electrons. The minimum atomic E-state index is -0.474. The van der Waals surface area contributed by atoms with Gasteiger partial charge < -0.3 is 0 Å². The minimum absolute atomic E-state index is 0.0324. The summed E-state index contributed by atoms with van der Waals surface area (Å²) in [6.07, 6.45) is 2.91.